The van der Waals surface area contributed by atoms with Crippen LogP contribution in [0, 0.1) is 0 Å². The van der Waals surface area contributed by atoms with Crippen LogP contribution in [0.2, 0.25) is 0 Å². The molecule has 28 heavy (non-hydrogen) atoms. The zero-order chi connectivity index (χ0) is 19.4. The fourth-order valence-corrected chi connectivity index (χ4v) is 4.31. The Kier molecular flexibility index (Phi) is 3.69. The van der Waals surface area contributed by atoms with Crippen LogP contribution in [0.4, 0.5) is 0 Å². The average Bonchev–Trinajstić information content (AvgIpc) is 3.10. The van der Waals surface area contributed by atoms with Gasteiger partial charge < -0.3 is 9.47 Å². The molecule has 140 valence electrons. The highest BCUT2D eigenvalue weighted by Gasteiger charge is 2.32. The highest BCUT2D eigenvalue weighted by Crippen LogP contribution is 2.30. The van der Waals surface area contributed by atoms with Crippen LogP contribution in [0.5, 0.6) is 0 Å². The number of hydrogen-bond acceptors (Lipinski definition) is 6. The summed E-state index contributed by atoms with van der Waals surface area (Å²) in [6, 6.07) is 7.16. The summed E-state index contributed by atoms with van der Waals surface area (Å²) < 4.78 is 9.45. The van der Waals surface area contributed by atoms with Gasteiger partial charge in [-0.05, 0) is 85.0 Å². The maximum Gasteiger partial charge on any atom is 0.346 e. The summed E-state index contributed by atoms with van der Waals surface area (Å²) in [5, 5.41) is 0. The van der Waals surface area contributed by atoms with Crippen LogP contribution in [0.25, 0.3) is 0 Å². The van der Waals surface area contributed by atoms with Crippen LogP contribution < -0.4 is 0 Å². The smallest absolute Gasteiger partial charge is 0.346 e. The molecule has 0 N–H and O–H groups in total. The van der Waals surface area contributed by atoms with Gasteiger partial charge in [-0.25, -0.2) is 19.2 Å². The van der Waals surface area contributed by atoms with E-state index in [1.54, 1.807) is 24.3 Å². The number of carbonyl (C=O) groups excluding carboxylic acids is 4. The number of aryl methyl sites for hydroxylation is 4. The lowest BCUT2D eigenvalue weighted by Crippen LogP contribution is -2.07. The summed E-state index contributed by atoms with van der Waals surface area (Å²) in [6.07, 6.45) is 4.66. The Bertz CT molecular complexity index is 925. The highest BCUT2D eigenvalue weighted by molar-refractivity contribution is 6.15. The molecule has 0 fully saturated rings. The molecule has 0 unspecified atom stereocenters. The quantitative estimate of drug-likeness (QED) is 0.519. The van der Waals surface area contributed by atoms with Crippen molar-refractivity contribution in [2.75, 3.05) is 0 Å². The van der Waals surface area contributed by atoms with Crippen molar-refractivity contribution in [2.45, 2.75) is 38.5 Å². The van der Waals surface area contributed by atoms with Crippen LogP contribution in [0.3, 0.4) is 0 Å². The number of rotatable bonds is 0. The van der Waals surface area contributed by atoms with E-state index in [9.17, 15) is 19.2 Å². The largest absolute Gasteiger partial charge is 0.386 e. The maximum atomic E-state index is 11.9. The Labute approximate surface area is 160 Å². The molecular weight excluding hydrogens is 360 g/mol. The van der Waals surface area contributed by atoms with Crippen molar-refractivity contribution in [3.63, 3.8) is 0 Å². The predicted molar refractivity (Wildman–Crippen MR) is 96.4 cm³/mol. The lowest BCUT2D eigenvalue weighted by molar-refractivity contribution is 0.0425. The second-order valence-corrected chi connectivity index (χ2v) is 7.39. The molecule has 0 atom stereocenters. The molecule has 2 aromatic rings. The molecule has 3 aliphatic rings. The molecule has 2 heterocycles. The van der Waals surface area contributed by atoms with Gasteiger partial charge >= 0.3 is 23.9 Å². The third-order valence-electron chi connectivity index (χ3n) is 5.71. The van der Waals surface area contributed by atoms with Gasteiger partial charge in [0, 0.05) is 0 Å². The molecule has 1 aliphatic carbocycles. The van der Waals surface area contributed by atoms with E-state index in [-0.39, 0.29) is 0 Å². The van der Waals surface area contributed by atoms with E-state index in [0.717, 1.165) is 60.8 Å². The van der Waals surface area contributed by atoms with Crippen LogP contribution in [-0.2, 0) is 35.2 Å². The monoisotopic (exact) mass is 376 g/mol. The van der Waals surface area contributed by atoms with E-state index in [2.05, 4.69) is 0 Å². The fourth-order valence-electron chi connectivity index (χ4n) is 4.31. The summed E-state index contributed by atoms with van der Waals surface area (Å²) in [5.41, 5.74) is 5.63. The predicted octanol–water partition coefficient (Wildman–Crippen LogP) is 2.97. The minimum atomic E-state index is -0.580. The summed E-state index contributed by atoms with van der Waals surface area (Å²) >= 11 is 0. The number of esters is 4. The maximum absolute atomic E-state index is 11.9. The van der Waals surface area contributed by atoms with E-state index in [1.807, 2.05) is 0 Å². The first-order valence-electron chi connectivity index (χ1n) is 9.36. The van der Waals surface area contributed by atoms with Gasteiger partial charge in [-0.15, -0.1) is 0 Å². The van der Waals surface area contributed by atoms with E-state index < -0.39 is 23.9 Å². The molecule has 0 spiro atoms. The van der Waals surface area contributed by atoms with Crippen molar-refractivity contribution < 1.29 is 28.7 Å². The Morgan fingerprint density at radius 2 is 0.714 bits per heavy atom. The minimum absolute atomic E-state index is 0.347. The van der Waals surface area contributed by atoms with E-state index >= 15 is 0 Å². The summed E-state index contributed by atoms with van der Waals surface area (Å²) in [4.78, 5) is 47.4. The van der Waals surface area contributed by atoms with Gasteiger partial charge in [0.2, 0.25) is 0 Å². The number of fused-ring (bicyclic) bond motifs is 4. The van der Waals surface area contributed by atoms with Gasteiger partial charge in [0.15, 0.2) is 0 Å². The topological polar surface area (TPSA) is 86.7 Å². The van der Waals surface area contributed by atoms with Crippen LogP contribution in [0.15, 0.2) is 24.3 Å². The average molecular weight is 376 g/mol. The molecule has 0 amide bonds. The van der Waals surface area contributed by atoms with Gasteiger partial charge in [-0.2, -0.15) is 0 Å². The molecule has 2 aliphatic heterocycles. The lowest BCUT2D eigenvalue weighted by atomic mass is 9.87. The van der Waals surface area contributed by atoms with Gasteiger partial charge in [0.1, 0.15) is 0 Å². The van der Waals surface area contributed by atoms with E-state index in [1.165, 1.54) is 0 Å². The summed E-state index contributed by atoms with van der Waals surface area (Å²) in [5.74, 6) is -2.32. The Balaban J connectivity index is 1.49. The van der Waals surface area contributed by atoms with Crippen LogP contribution >= 0.6 is 0 Å². The number of cyclic esters (lactones) is 4. The molecule has 0 saturated carbocycles. The Hall–Kier alpha value is -3.28. The van der Waals surface area contributed by atoms with Gasteiger partial charge in [0.05, 0.1) is 22.3 Å². The first kappa shape index (κ1) is 16.9. The zero-order valence-corrected chi connectivity index (χ0v) is 15.0. The number of ether oxygens (including phenoxy) is 2. The minimum Gasteiger partial charge on any atom is -0.386 e. The molecule has 6 nitrogen and oxygen atoms in total. The normalized spacial score (nSPS) is 18.0. The molecule has 0 saturated heterocycles. The number of hydrogen-bond donors (Lipinski definition) is 0. The number of carbonyl (C=O) groups is 4. The Morgan fingerprint density at radius 1 is 0.464 bits per heavy atom. The van der Waals surface area contributed by atoms with Crippen molar-refractivity contribution in [1.29, 1.82) is 0 Å². The first-order chi connectivity index (χ1) is 13.5. The molecule has 0 aromatic heterocycles. The number of benzene rings is 2. The van der Waals surface area contributed by atoms with Crippen molar-refractivity contribution in [3.05, 3.63) is 68.8 Å². The molecule has 2 aromatic carbocycles. The van der Waals surface area contributed by atoms with Crippen LogP contribution in [0.1, 0.15) is 76.5 Å². The van der Waals surface area contributed by atoms with E-state index in [0.29, 0.717) is 22.3 Å². The summed E-state index contributed by atoms with van der Waals surface area (Å²) in [6.45, 7) is 0. The van der Waals surface area contributed by atoms with Crippen molar-refractivity contribution >= 4 is 23.9 Å². The SMILES string of the molecule is O=C1OC(=O)c2cc3c(cc21)CCCc1cc2c(cc1CCC3)C(=O)OC2=O. The first-order valence-corrected chi connectivity index (χ1v) is 9.36. The summed E-state index contributed by atoms with van der Waals surface area (Å²) in [7, 11) is 0. The lowest BCUT2D eigenvalue weighted by Gasteiger charge is -2.16. The molecule has 0 radical (unpaired) electrons. The van der Waals surface area contributed by atoms with Gasteiger partial charge in [0.25, 0.3) is 0 Å². The fraction of sp³-hybridized carbons (Fsp3) is 0.273. The molecule has 6 heteroatoms. The van der Waals surface area contributed by atoms with E-state index in [4.69, 9.17) is 9.47 Å². The van der Waals surface area contributed by atoms with Gasteiger partial charge in [-0.3, -0.25) is 0 Å². The second kappa shape index (κ2) is 6.12. The third kappa shape index (κ3) is 2.56. The van der Waals surface area contributed by atoms with Crippen molar-refractivity contribution in [2.24, 2.45) is 0 Å². The third-order valence-corrected chi connectivity index (χ3v) is 5.71. The molecule has 0 bridgehead atoms. The molecular formula is C22H16O6. The second-order valence-electron chi connectivity index (χ2n) is 7.39. The Morgan fingerprint density at radius 3 is 0.964 bits per heavy atom. The standard InChI is InChI=1S/C22H16O6/c23-19-15-7-11-3-1-4-12-8-16-18(22(26)28-20(16)24)10-14(12)6-2-5-13(11)9-17(15)21(25)27-19/h7-10H,1-6H2. The zero-order valence-electron chi connectivity index (χ0n) is 15.0. The van der Waals surface area contributed by atoms with Gasteiger partial charge in [-0.1, -0.05) is 0 Å². The molecule has 5 rings (SSSR count). The van der Waals surface area contributed by atoms with Crippen LogP contribution in [-0.4, -0.2) is 23.9 Å². The van der Waals surface area contributed by atoms with Crippen molar-refractivity contribution in [1.82, 2.24) is 0 Å². The highest BCUT2D eigenvalue weighted by atomic mass is 16.6. The van der Waals surface area contributed by atoms with Crippen molar-refractivity contribution in [3.8, 4) is 0 Å².